The molecule has 0 bridgehead atoms. The van der Waals surface area contributed by atoms with Crippen molar-refractivity contribution in [2.75, 3.05) is 0 Å². The molecule has 0 saturated carbocycles. The van der Waals surface area contributed by atoms with Gasteiger partial charge in [-0.3, -0.25) is 9.59 Å². The topological polar surface area (TPSA) is 55.4 Å². The number of amides is 1. The number of hydrogen-bond acceptors (Lipinski definition) is 3. The number of rotatable bonds is 6. The summed E-state index contributed by atoms with van der Waals surface area (Å²) in [4.78, 5) is 24.1. The first-order valence-corrected chi connectivity index (χ1v) is 10.9. The lowest BCUT2D eigenvalue weighted by molar-refractivity contribution is -0.143. The van der Waals surface area contributed by atoms with Crippen LogP contribution in [0.3, 0.4) is 0 Å². The van der Waals surface area contributed by atoms with Gasteiger partial charge in [-0.05, 0) is 37.6 Å². The summed E-state index contributed by atoms with van der Waals surface area (Å²) < 4.78 is 6.34. The zero-order chi connectivity index (χ0) is 17.5. The van der Waals surface area contributed by atoms with Gasteiger partial charge >= 0.3 is 0 Å². The molecule has 4 atom stereocenters. The van der Waals surface area contributed by atoms with Crippen molar-refractivity contribution >= 4 is 20.0 Å². The minimum atomic E-state index is -1.94. The third-order valence-corrected chi connectivity index (χ3v) is 9.74. The van der Waals surface area contributed by atoms with Gasteiger partial charge in [-0.15, -0.1) is 0 Å². The molecule has 22 heavy (non-hydrogen) atoms. The van der Waals surface area contributed by atoms with Gasteiger partial charge < -0.3 is 9.74 Å². The monoisotopic (exact) mass is 325 g/mol. The lowest BCUT2D eigenvalue weighted by Crippen LogP contribution is -2.66. The molecule has 5 heteroatoms. The van der Waals surface area contributed by atoms with Crippen LogP contribution in [0.4, 0.5) is 0 Å². The summed E-state index contributed by atoms with van der Waals surface area (Å²) in [5, 5.41) is 2.96. The Morgan fingerprint density at radius 1 is 1.32 bits per heavy atom. The lowest BCUT2D eigenvalue weighted by atomic mass is 9.76. The zero-order valence-corrected chi connectivity index (χ0v) is 16.2. The minimum absolute atomic E-state index is 0.00882. The van der Waals surface area contributed by atoms with Crippen LogP contribution in [0.2, 0.25) is 18.1 Å². The quantitative estimate of drug-likeness (QED) is 0.463. The number of carbonyl (C=O) groups excluding carboxylic acids is 2. The summed E-state index contributed by atoms with van der Waals surface area (Å²) >= 11 is 0. The van der Waals surface area contributed by atoms with E-state index in [-0.39, 0.29) is 40.7 Å². The minimum Gasteiger partial charge on any atom is -0.413 e. The van der Waals surface area contributed by atoms with E-state index in [2.05, 4.69) is 45.8 Å². The second-order valence-electron chi connectivity index (χ2n) is 8.08. The van der Waals surface area contributed by atoms with Crippen molar-refractivity contribution in [3.8, 4) is 0 Å². The van der Waals surface area contributed by atoms with Gasteiger partial charge in [-0.25, -0.2) is 0 Å². The zero-order valence-electron chi connectivity index (χ0n) is 15.2. The number of β-lactam (4-membered cyclic amide) rings is 1. The summed E-state index contributed by atoms with van der Waals surface area (Å²) in [6, 6.07) is -0.156. The Kier molecular flexibility index (Phi) is 5.45. The summed E-state index contributed by atoms with van der Waals surface area (Å²) in [6.07, 6.45) is -0.181. The van der Waals surface area contributed by atoms with Crippen LogP contribution in [0.15, 0.2) is 12.2 Å². The highest BCUT2D eigenvalue weighted by Crippen LogP contribution is 2.39. The van der Waals surface area contributed by atoms with E-state index in [1.54, 1.807) is 6.92 Å². The molecule has 2 unspecified atom stereocenters. The molecule has 1 amide bonds. The fraction of sp³-hybridized carbons (Fsp3) is 0.765. The molecule has 0 spiro atoms. The molecule has 0 aromatic heterocycles. The molecule has 1 fully saturated rings. The summed E-state index contributed by atoms with van der Waals surface area (Å²) in [6.45, 7) is 20.1. The van der Waals surface area contributed by atoms with Gasteiger partial charge in [0, 0.05) is 5.92 Å². The van der Waals surface area contributed by atoms with Crippen molar-refractivity contribution in [1.82, 2.24) is 5.32 Å². The molecule has 0 radical (unpaired) electrons. The SMILES string of the molecule is C=C(C)C(=O)C(C)[C@@H]1NC(=O)[C@@H]1C(C)O[Si](C)(C)C(C)(C)C. The number of Topliss-reactive ketones (excluding diaryl/α,β-unsaturated/α-hetero) is 1. The fourth-order valence-corrected chi connectivity index (χ4v) is 4.05. The molecule has 0 aromatic carbocycles. The molecule has 1 aliphatic heterocycles. The van der Waals surface area contributed by atoms with Crippen LogP contribution >= 0.6 is 0 Å². The second-order valence-corrected chi connectivity index (χ2v) is 12.8. The molecule has 1 aliphatic rings. The molecule has 0 aliphatic carbocycles. The number of allylic oxidation sites excluding steroid dienone is 1. The Morgan fingerprint density at radius 2 is 1.82 bits per heavy atom. The summed E-state index contributed by atoms with van der Waals surface area (Å²) in [7, 11) is -1.94. The normalized spacial score (nSPS) is 25.0. The van der Waals surface area contributed by atoms with Crippen molar-refractivity contribution in [3.05, 3.63) is 12.2 Å². The van der Waals surface area contributed by atoms with E-state index in [9.17, 15) is 9.59 Å². The first-order valence-electron chi connectivity index (χ1n) is 7.97. The van der Waals surface area contributed by atoms with E-state index in [1.807, 2.05) is 13.8 Å². The molecular formula is C17H31NO3Si. The summed E-state index contributed by atoms with van der Waals surface area (Å²) in [5.41, 5.74) is 0.533. The first kappa shape index (κ1) is 19.1. The van der Waals surface area contributed by atoms with Crippen LogP contribution in [0.5, 0.6) is 0 Å². The molecular weight excluding hydrogens is 294 g/mol. The smallest absolute Gasteiger partial charge is 0.228 e. The Balaban J connectivity index is 2.84. The van der Waals surface area contributed by atoms with Crippen molar-refractivity contribution in [2.24, 2.45) is 11.8 Å². The van der Waals surface area contributed by atoms with Crippen molar-refractivity contribution < 1.29 is 14.0 Å². The van der Waals surface area contributed by atoms with Crippen molar-refractivity contribution in [1.29, 1.82) is 0 Å². The van der Waals surface area contributed by atoms with E-state index in [1.165, 1.54) is 0 Å². The van der Waals surface area contributed by atoms with Crippen LogP contribution < -0.4 is 5.32 Å². The maximum Gasteiger partial charge on any atom is 0.228 e. The Morgan fingerprint density at radius 3 is 2.18 bits per heavy atom. The average Bonchev–Trinajstić information content (AvgIpc) is 2.31. The largest absolute Gasteiger partial charge is 0.413 e. The number of nitrogens with one attached hydrogen (secondary N) is 1. The average molecular weight is 326 g/mol. The van der Waals surface area contributed by atoms with Gasteiger partial charge in [0.15, 0.2) is 14.1 Å². The highest BCUT2D eigenvalue weighted by Gasteiger charge is 2.50. The van der Waals surface area contributed by atoms with Crippen LogP contribution in [0.25, 0.3) is 0 Å². The van der Waals surface area contributed by atoms with E-state index in [0.717, 1.165) is 0 Å². The van der Waals surface area contributed by atoms with Gasteiger partial charge in [0.05, 0.1) is 18.1 Å². The highest BCUT2D eigenvalue weighted by molar-refractivity contribution is 6.74. The van der Waals surface area contributed by atoms with Crippen LogP contribution in [-0.4, -0.2) is 32.2 Å². The van der Waals surface area contributed by atoms with E-state index < -0.39 is 8.32 Å². The van der Waals surface area contributed by atoms with Gasteiger partial charge in [0.1, 0.15) is 0 Å². The van der Waals surface area contributed by atoms with E-state index >= 15 is 0 Å². The maximum atomic E-state index is 12.1. The van der Waals surface area contributed by atoms with Crippen LogP contribution in [0.1, 0.15) is 41.5 Å². The molecule has 1 saturated heterocycles. The highest BCUT2D eigenvalue weighted by atomic mass is 28.4. The Labute approximate surface area is 135 Å². The number of carbonyl (C=O) groups is 2. The first-order chi connectivity index (χ1) is 9.79. The molecule has 1 heterocycles. The van der Waals surface area contributed by atoms with Gasteiger partial charge in [0.2, 0.25) is 5.91 Å². The number of hydrogen-bond donors (Lipinski definition) is 1. The molecule has 1 N–H and O–H groups in total. The Bertz CT molecular complexity index is 479. The molecule has 0 aromatic rings. The lowest BCUT2D eigenvalue weighted by Gasteiger charge is -2.47. The molecule has 4 nitrogen and oxygen atoms in total. The van der Waals surface area contributed by atoms with E-state index in [0.29, 0.717) is 5.57 Å². The molecule has 1 rings (SSSR count). The molecule has 126 valence electrons. The van der Waals surface area contributed by atoms with Gasteiger partial charge in [-0.2, -0.15) is 0 Å². The van der Waals surface area contributed by atoms with Crippen molar-refractivity contribution in [2.45, 2.75) is 71.8 Å². The third kappa shape index (κ3) is 3.69. The van der Waals surface area contributed by atoms with Crippen LogP contribution in [-0.2, 0) is 14.0 Å². The van der Waals surface area contributed by atoms with Crippen LogP contribution in [0, 0.1) is 11.8 Å². The number of ketones is 1. The fourth-order valence-electron chi connectivity index (χ4n) is 2.62. The van der Waals surface area contributed by atoms with Crippen molar-refractivity contribution in [3.63, 3.8) is 0 Å². The standard InChI is InChI=1S/C17H31NO3Si/c1-10(2)15(19)11(3)14-13(16(20)18-14)12(4)21-22(8,9)17(5,6)7/h11-14H,1H2,2-9H3,(H,18,20)/t11?,12?,13-,14+/m1/s1. The Hall–Kier alpha value is -0.943. The third-order valence-electron chi connectivity index (χ3n) is 5.16. The van der Waals surface area contributed by atoms with E-state index in [4.69, 9.17) is 4.43 Å². The summed E-state index contributed by atoms with van der Waals surface area (Å²) in [5.74, 6) is -0.523. The predicted molar refractivity (Wildman–Crippen MR) is 92.1 cm³/mol. The maximum absolute atomic E-state index is 12.1. The predicted octanol–water partition coefficient (Wildman–Crippen LogP) is 3.29. The van der Waals surface area contributed by atoms with Gasteiger partial charge in [-0.1, -0.05) is 34.3 Å². The van der Waals surface area contributed by atoms with Gasteiger partial charge in [0.25, 0.3) is 0 Å². The second kappa shape index (κ2) is 6.28.